The number of carbonyl (C=O) groups is 1. The smallest absolute Gasteiger partial charge is 0.249 e. The summed E-state index contributed by atoms with van der Waals surface area (Å²) in [5, 5.41) is 11.7. The van der Waals surface area contributed by atoms with Gasteiger partial charge in [-0.25, -0.2) is 0 Å². The van der Waals surface area contributed by atoms with E-state index in [1.54, 1.807) is 23.2 Å². The largest absolute Gasteiger partial charge is 0.304 e. The Labute approximate surface area is 157 Å². The number of nitrogens with one attached hydrogen (secondary N) is 1. The normalized spacial score (nSPS) is 11.2. The lowest BCUT2D eigenvalue weighted by Crippen LogP contribution is -2.09. The maximum Gasteiger partial charge on any atom is 0.249 e. The minimum absolute atomic E-state index is 0.291. The Morgan fingerprint density at radius 3 is 2.77 bits per heavy atom. The number of anilines is 1. The molecule has 1 amide bonds. The van der Waals surface area contributed by atoms with Gasteiger partial charge in [0.1, 0.15) is 5.02 Å². The molecule has 0 aliphatic heterocycles. The molecule has 6 nitrogen and oxygen atoms in total. The van der Waals surface area contributed by atoms with Crippen molar-refractivity contribution in [1.29, 1.82) is 0 Å². The van der Waals surface area contributed by atoms with E-state index < -0.39 is 0 Å². The molecule has 2 aromatic heterocycles. The van der Waals surface area contributed by atoms with Gasteiger partial charge in [0.2, 0.25) is 5.91 Å². The van der Waals surface area contributed by atoms with Gasteiger partial charge in [-0.15, -0.1) is 0 Å². The molecule has 0 aliphatic rings. The van der Waals surface area contributed by atoms with E-state index in [1.165, 1.54) is 6.08 Å². The molecule has 0 unspecified atom stereocenters. The van der Waals surface area contributed by atoms with Crippen LogP contribution in [0.3, 0.4) is 0 Å². The highest BCUT2D eigenvalue weighted by atomic mass is 35.5. The first kappa shape index (κ1) is 17.9. The molecule has 26 heavy (non-hydrogen) atoms. The molecule has 134 valence electrons. The summed E-state index contributed by atoms with van der Waals surface area (Å²) in [5.41, 5.74) is 3.03. The van der Waals surface area contributed by atoms with E-state index in [9.17, 15) is 4.79 Å². The molecule has 1 aromatic carbocycles. The molecule has 3 aromatic rings. The monoisotopic (exact) mass is 369 g/mol. The molecule has 0 spiro atoms. The molecule has 3 rings (SSSR count). The minimum atomic E-state index is -0.291. The van der Waals surface area contributed by atoms with Crippen LogP contribution in [0.1, 0.15) is 23.7 Å². The van der Waals surface area contributed by atoms with Crippen molar-refractivity contribution < 1.29 is 4.79 Å². The zero-order valence-corrected chi connectivity index (χ0v) is 15.4. The second-order valence-electron chi connectivity index (χ2n) is 5.83. The number of carbonyl (C=O) groups excluding carboxylic acids is 1. The molecule has 1 N–H and O–H groups in total. The lowest BCUT2D eigenvalue weighted by Gasteiger charge is -2.01. The molecule has 0 atom stereocenters. The average molecular weight is 370 g/mol. The zero-order chi connectivity index (χ0) is 18.5. The van der Waals surface area contributed by atoms with Crippen molar-refractivity contribution in [3.8, 4) is 0 Å². The third-order valence-electron chi connectivity index (χ3n) is 4.00. The molecule has 0 saturated carbocycles. The van der Waals surface area contributed by atoms with Crippen LogP contribution < -0.4 is 5.32 Å². The van der Waals surface area contributed by atoms with Crippen LogP contribution in [0.25, 0.3) is 6.08 Å². The summed E-state index contributed by atoms with van der Waals surface area (Å²) in [6.45, 7) is 5.37. The highest BCUT2D eigenvalue weighted by Crippen LogP contribution is 2.20. The second-order valence-corrected chi connectivity index (χ2v) is 6.24. The summed E-state index contributed by atoms with van der Waals surface area (Å²) >= 11 is 6.18. The number of rotatable bonds is 6. The lowest BCUT2D eigenvalue weighted by molar-refractivity contribution is -0.111. The van der Waals surface area contributed by atoms with Crippen LogP contribution in [0.5, 0.6) is 0 Å². The van der Waals surface area contributed by atoms with Gasteiger partial charge in [-0.3, -0.25) is 14.2 Å². The van der Waals surface area contributed by atoms with E-state index >= 15 is 0 Å². The molecule has 7 heteroatoms. The van der Waals surface area contributed by atoms with Crippen LogP contribution in [0.4, 0.5) is 5.82 Å². The summed E-state index contributed by atoms with van der Waals surface area (Å²) in [6, 6.07) is 9.92. The quantitative estimate of drug-likeness (QED) is 0.673. The number of aromatic nitrogens is 4. The van der Waals surface area contributed by atoms with Crippen molar-refractivity contribution in [2.24, 2.45) is 0 Å². The summed E-state index contributed by atoms with van der Waals surface area (Å²) in [7, 11) is 0. The predicted molar refractivity (Wildman–Crippen MR) is 103 cm³/mol. The van der Waals surface area contributed by atoms with E-state index in [4.69, 9.17) is 11.6 Å². The number of hydrogen-bond acceptors (Lipinski definition) is 3. The third-order valence-corrected chi connectivity index (χ3v) is 4.28. The molecule has 0 saturated heterocycles. The van der Waals surface area contributed by atoms with E-state index in [1.807, 2.05) is 48.9 Å². The van der Waals surface area contributed by atoms with Gasteiger partial charge in [0.25, 0.3) is 0 Å². The SMILES string of the molecule is CCn1ncc(/C=C/C(=O)Nc2nn(Cc3ccccc3)cc2Cl)c1C. The molecular weight excluding hydrogens is 350 g/mol. The Bertz CT molecular complexity index is 927. The Morgan fingerprint density at radius 2 is 2.08 bits per heavy atom. The number of benzene rings is 1. The summed E-state index contributed by atoms with van der Waals surface area (Å²) in [5.74, 6) is 0.0544. The fourth-order valence-electron chi connectivity index (χ4n) is 2.60. The first-order valence-electron chi connectivity index (χ1n) is 8.35. The van der Waals surface area contributed by atoms with E-state index in [0.29, 0.717) is 17.4 Å². The van der Waals surface area contributed by atoms with Gasteiger partial charge in [0.05, 0.1) is 12.7 Å². The van der Waals surface area contributed by atoms with Crippen molar-refractivity contribution in [3.05, 3.63) is 70.6 Å². The van der Waals surface area contributed by atoms with Crippen molar-refractivity contribution in [3.63, 3.8) is 0 Å². The maximum absolute atomic E-state index is 12.2. The van der Waals surface area contributed by atoms with Gasteiger partial charge in [0.15, 0.2) is 5.82 Å². The van der Waals surface area contributed by atoms with Gasteiger partial charge >= 0.3 is 0 Å². The first-order valence-corrected chi connectivity index (χ1v) is 8.73. The number of halogens is 1. The molecule has 0 aliphatic carbocycles. The third kappa shape index (κ3) is 4.21. The topological polar surface area (TPSA) is 64.7 Å². The predicted octanol–water partition coefficient (Wildman–Crippen LogP) is 3.76. The van der Waals surface area contributed by atoms with Gasteiger partial charge in [-0.1, -0.05) is 41.9 Å². The zero-order valence-electron chi connectivity index (χ0n) is 14.7. The number of aryl methyl sites for hydroxylation is 1. The number of amides is 1. The van der Waals surface area contributed by atoms with E-state index in [-0.39, 0.29) is 5.91 Å². The molecule has 2 heterocycles. The summed E-state index contributed by atoms with van der Waals surface area (Å²) < 4.78 is 3.58. The van der Waals surface area contributed by atoms with Crippen LogP contribution in [0.2, 0.25) is 5.02 Å². The molecular formula is C19H20ClN5O. The van der Waals surface area contributed by atoms with Crippen LogP contribution >= 0.6 is 11.6 Å². The van der Waals surface area contributed by atoms with Crippen LogP contribution in [0, 0.1) is 6.92 Å². The Kier molecular flexibility index (Phi) is 5.53. The van der Waals surface area contributed by atoms with Crippen LogP contribution in [-0.2, 0) is 17.9 Å². The van der Waals surface area contributed by atoms with E-state index in [0.717, 1.165) is 23.4 Å². The first-order chi connectivity index (χ1) is 12.6. The average Bonchev–Trinajstić information content (AvgIpc) is 3.16. The number of nitrogens with zero attached hydrogens (tertiary/aromatic N) is 4. The number of hydrogen-bond donors (Lipinski definition) is 1. The molecule has 0 radical (unpaired) electrons. The van der Waals surface area contributed by atoms with Gasteiger partial charge < -0.3 is 5.32 Å². The Balaban J connectivity index is 1.65. The minimum Gasteiger partial charge on any atom is -0.304 e. The van der Waals surface area contributed by atoms with Crippen LogP contribution in [-0.4, -0.2) is 25.5 Å². The Morgan fingerprint density at radius 1 is 1.31 bits per heavy atom. The van der Waals surface area contributed by atoms with Gasteiger partial charge in [-0.2, -0.15) is 10.2 Å². The highest BCUT2D eigenvalue weighted by Gasteiger charge is 2.10. The van der Waals surface area contributed by atoms with Crippen molar-refractivity contribution in [2.75, 3.05) is 5.32 Å². The fraction of sp³-hybridized carbons (Fsp3) is 0.211. The molecule has 0 fully saturated rings. The standard InChI is InChI=1S/C19H20ClN5O/c1-3-25-14(2)16(11-21-25)9-10-18(26)22-19-17(20)13-24(23-19)12-15-7-5-4-6-8-15/h4-11,13H,3,12H2,1-2H3,(H,22,23,26)/b10-9+. The van der Waals surface area contributed by atoms with Crippen molar-refractivity contribution in [2.45, 2.75) is 26.9 Å². The van der Waals surface area contributed by atoms with Crippen LogP contribution in [0.15, 0.2) is 48.8 Å². The molecule has 0 bridgehead atoms. The van der Waals surface area contributed by atoms with Gasteiger partial charge in [0, 0.05) is 30.1 Å². The fourth-order valence-corrected chi connectivity index (χ4v) is 2.80. The van der Waals surface area contributed by atoms with Crippen molar-refractivity contribution >= 4 is 29.4 Å². The summed E-state index contributed by atoms with van der Waals surface area (Å²) in [6.07, 6.45) is 6.63. The maximum atomic E-state index is 12.2. The Hall–Kier alpha value is -2.86. The summed E-state index contributed by atoms with van der Waals surface area (Å²) in [4.78, 5) is 12.2. The highest BCUT2D eigenvalue weighted by molar-refractivity contribution is 6.33. The van der Waals surface area contributed by atoms with Gasteiger partial charge in [-0.05, 0) is 25.5 Å². The lowest BCUT2D eigenvalue weighted by atomic mass is 10.2. The van der Waals surface area contributed by atoms with E-state index in [2.05, 4.69) is 15.5 Å². The second kappa shape index (κ2) is 8.01. The van der Waals surface area contributed by atoms with Crippen molar-refractivity contribution in [1.82, 2.24) is 19.6 Å².